The second-order valence-electron chi connectivity index (χ2n) is 3.65. The fourth-order valence-corrected chi connectivity index (χ4v) is 3.32. The van der Waals surface area contributed by atoms with Crippen LogP contribution in [0.1, 0.15) is 24.3 Å². The van der Waals surface area contributed by atoms with E-state index in [2.05, 4.69) is 35.6 Å². The van der Waals surface area contributed by atoms with Crippen LogP contribution in [0.5, 0.6) is 0 Å². The smallest absolute Gasteiger partial charge is 0.157 e. The Hall–Kier alpha value is -0.480. The molecular weight excluding hydrogens is 224 g/mol. The number of thioether (sulfide) groups is 1. The van der Waals surface area contributed by atoms with Gasteiger partial charge in [-0.25, -0.2) is 0 Å². The molecule has 0 spiro atoms. The number of amidine groups is 1. The largest absolute Gasteiger partial charge is 0.360 e. The Labute approximate surface area is 99.2 Å². The molecule has 82 valence electrons. The van der Waals surface area contributed by atoms with Crippen LogP contribution in [0.2, 0.25) is 0 Å². The number of aryl methyl sites for hydroxylation is 1. The van der Waals surface area contributed by atoms with Gasteiger partial charge in [0.15, 0.2) is 5.17 Å². The van der Waals surface area contributed by atoms with Crippen LogP contribution in [0.3, 0.4) is 0 Å². The minimum Gasteiger partial charge on any atom is -0.360 e. The zero-order valence-electron chi connectivity index (χ0n) is 9.12. The summed E-state index contributed by atoms with van der Waals surface area (Å²) in [4.78, 5) is 5.89. The molecule has 2 rings (SSSR count). The van der Waals surface area contributed by atoms with Crippen molar-refractivity contribution in [2.24, 2.45) is 4.99 Å². The Balaban J connectivity index is 1.88. The Morgan fingerprint density at radius 2 is 2.47 bits per heavy atom. The molecule has 0 saturated carbocycles. The van der Waals surface area contributed by atoms with Gasteiger partial charge in [0, 0.05) is 10.1 Å². The summed E-state index contributed by atoms with van der Waals surface area (Å²) in [6.07, 6.45) is 1.12. The minimum absolute atomic E-state index is 0.640. The number of thiophene rings is 1. The predicted octanol–water partition coefficient (Wildman–Crippen LogP) is 2.89. The van der Waals surface area contributed by atoms with Crippen LogP contribution >= 0.6 is 23.1 Å². The van der Waals surface area contributed by atoms with Crippen LogP contribution in [-0.2, 0) is 13.0 Å². The van der Waals surface area contributed by atoms with Crippen LogP contribution < -0.4 is 5.32 Å². The highest BCUT2D eigenvalue weighted by Gasteiger charge is 2.14. The molecule has 4 heteroatoms. The van der Waals surface area contributed by atoms with Crippen LogP contribution in [0.15, 0.2) is 16.4 Å². The van der Waals surface area contributed by atoms with Crippen molar-refractivity contribution in [3.63, 3.8) is 0 Å². The molecule has 0 bridgehead atoms. The van der Waals surface area contributed by atoms with Crippen molar-refractivity contribution in [2.45, 2.75) is 32.1 Å². The first-order chi connectivity index (χ1) is 7.29. The monoisotopic (exact) mass is 240 g/mol. The van der Waals surface area contributed by atoms with Gasteiger partial charge in [-0.15, -0.1) is 11.3 Å². The van der Waals surface area contributed by atoms with Crippen molar-refractivity contribution in [2.75, 3.05) is 6.54 Å². The molecule has 1 aliphatic rings. The molecule has 1 atom stereocenters. The normalized spacial score (nSPS) is 20.4. The summed E-state index contributed by atoms with van der Waals surface area (Å²) in [5.41, 5.74) is 1.46. The van der Waals surface area contributed by atoms with E-state index in [1.54, 1.807) is 0 Å². The van der Waals surface area contributed by atoms with Gasteiger partial charge >= 0.3 is 0 Å². The Morgan fingerprint density at radius 1 is 1.60 bits per heavy atom. The van der Waals surface area contributed by atoms with E-state index in [4.69, 9.17) is 0 Å². The first-order valence-corrected chi connectivity index (χ1v) is 7.05. The summed E-state index contributed by atoms with van der Waals surface area (Å²) in [6.45, 7) is 6.30. The van der Waals surface area contributed by atoms with Crippen LogP contribution in [-0.4, -0.2) is 17.0 Å². The molecule has 0 saturated heterocycles. The molecule has 0 amide bonds. The SMILES string of the molecule is CCc1ccsc1CNC1=NCC(C)S1. The summed E-state index contributed by atoms with van der Waals surface area (Å²) in [6, 6.07) is 2.22. The van der Waals surface area contributed by atoms with Gasteiger partial charge in [0.05, 0.1) is 13.1 Å². The standard InChI is InChI=1S/C11H16N2S2/c1-3-9-4-5-14-10(9)7-13-11-12-6-8(2)15-11/h4-5,8H,3,6-7H2,1-2H3,(H,12,13). The van der Waals surface area contributed by atoms with E-state index in [-0.39, 0.29) is 0 Å². The predicted molar refractivity (Wildman–Crippen MR) is 69.9 cm³/mol. The average molecular weight is 240 g/mol. The molecule has 2 heterocycles. The van der Waals surface area contributed by atoms with Gasteiger partial charge < -0.3 is 5.32 Å². The second-order valence-corrected chi connectivity index (χ2v) is 6.08. The lowest BCUT2D eigenvalue weighted by Crippen LogP contribution is -2.18. The topological polar surface area (TPSA) is 24.4 Å². The third-order valence-electron chi connectivity index (χ3n) is 2.42. The van der Waals surface area contributed by atoms with E-state index in [9.17, 15) is 0 Å². The lowest BCUT2D eigenvalue weighted by Gasteiger charge is -2.05. The fraction of sp³-hybridized carbons (Fsp3) is 0.545. The molecule has 1 aromatic heterocycles. The Bertz CT molecular complexity index is 357. The van der Waals surface area contributed by atoms with Gasteiger partial charge in [-0.2, -0.15) is 0 Å². The van der Waals surface area contributed by atoms with E-state index >= 15 is 0 Å². The van der Waals surface area contributed by atoms with Crippen molar-refractivity contribution < 1.29 is 0 Å². The molecule has 0 aromatic carbocycles. The van der Waals surface area contributed by atoms with E-state index in [1.165, 1.54) is 10.4 Å². The molecule has 2 nitrogen and oxygen atoms in total. The van der Waals surface area contributed by atoms with Crippen molar-refractivity contribution in [1.29, 1.82) is 0 Å². The molecule has 1 unspecified atom stereocenters. The maximum Gasteiger partial charge on any atom is 0.157 e. The van der Waals surface area contributed by atoms with E-state index in [0.717, 1.165) is 24.7 Å². The third kappa shape index (κ3) is 2.75. The van der Waals surface area contributed by atoms with Crippen LogP contribution in [0.4, 0.5) is 0 Å². The first-order valence-electron chi connectivity index (χ1n) is 5.29. The maximum absolute atomic E-state index is 4.44. The highest BCUT2D eigenvalue weighted by atomic mass is 32.2. The number of nitrogens with one attached hydrogen (secondary N) is 1. The van der Waals surface area contributed by atoms with Gasteiger partial charge in [0.25, 0.3) is 0 Å². The van der Waals surface area contributed by atoms with Gasteiger partial charge in [-0.1, -0.05) is 25.6 Å². The molecule has 0 fully saturated rings. The van der Waals surface area contributed by atoms with Gasteiger partial charge in [0.2, 0.25) is 0 Å². The van der Waals surface area contributed by atoms with Gasteiger partial charge in [0.1, 0.15) is 0 Å². The van der Waals surface area contributed by atoms with Crippen molar-refractivity contribution in [1.82, 2.24) is 5.32 Å². The van der Waals surface area contributed by atoms with Crippen LogP contribution in [0, 0.1) is 0 Å². The highest BCUT2D eigenvalue weighted by molar-refractivity contribution is 8.14. The Morgan fingerprint density at radius 3 is 3.13 bits per heavy atom. The molecule has 0 radical (unpaired) electrons. The summed E-state index contributed by atoms with van der Waals surface area (Å²) >= 11 is 3.68. The Kier molecular flexibility index (Phi) is 3.70. The lowest BCUT2D eigenvalue weighted by atomic mass is 10.2. The number of hydrogen-bond donors (Lipinski definition) is 1. The average Bonchev–Trinajstić information content (AvgIpc) is 2.83. The zero-order chi connectivity index (χ0) is 10.7. The van der Waals surface area contributed by atoms with E-state index in [1.807, 2.05) is 23.1 Å². The highest BCUT2D eigenvalue weighted by Crippen LogP contribution is 2.21. The molecule has 15 heavy (non-hydrogen) atoms. The summed E-state index contributed by atoms with van der Waals surface area (Å²) in [5, 5.41) is 7.33. The summed E-state index contributed by atoms with van der Waals surface area (Å²) < 4.78 is 0. The molecule has 0 aliphatic carbocycles. The summed E-state index contributed by atoms with van der Waals surface area (Å²) in [5.74, 6) is 0. The lowest BCUT2D eigenvalue weighted by molar-refractivity contribution is 0.913. The maximum atomic E-state index is 4.44. The first kappa shape index (κ1) is 11.0. The number of nitrogens with zero attached hydrogens (tertiary/aromatic N) is 1. The number of hydrogen-bond acceptors (Lipinski definition) is 4. The fourth-order valence-electron chi connectivity index (χ4n) is 1.57. The molecule has 1 N–H and O–H groups in total. The van der Waals surface area contributed by atoms with Crippen molar-refractivity contribution in [3.8, 4) is 0 Å². The zero-order valence-corrected chi connectivity index (χ0v) is 10.8. The quantitative estimate of drug-likeness (QED) is 0.878. The van der Waals surface area contributed by atoms with Gasteiger partial charge in [-0.05, 0) is 23.4 Å². The van der Waals surface area contributed by atoms with Crippen molar-refractivity contribution in [3.05, 3.63) is 21.9 Å². The minimum atomic E-state index is 0.640. The molecular formula is C11H16N2S2. The van der Waals surface area contributed by atoms with Crippen LogP contribution in [0.25, 0.3) is 0 Å². The second kappa shape index (κ2) is 5.03. The molecule has 1 aromatic rings. The summed E-state index contributed by atoms with van der Waals surface area (Å²) in [7, 11) is 0. The number of rotatable bonds is 3. The van der Waals surface area contributed by atoms with Gasteiger partial charge in [-0.3, -0.25) is 4.99 Å². The number of aliphatic imine (C=N–C) groups is 1. The molecule has 1 aliphatic heterocycles. The van der Waals surface area contributed by atoms with E-state index in [0.29, 0.717) is 5.25 Å². The van der Waals surface area contributed by atoms with Crippen molar-refractivity contribution >= 4 is 28.3 Å². The third-order valence-corrected chi connectivity index (χ3v) is 4.43. The van der Waals surface area contributed by atoms with E-state index < -0.39 is 0 Å².